The van der Waals surface area contributed by atoms with Crippen LogP contribution in [0.3, 0.4) is 0 Å². The maximum Gasteiger partial charge on any atom is 0.143 e. The molecule has 0 aliphatic heterocycles. The van der Waals surface area contributed by atoms with Gasteiger partial charge in [-0.25, -0.2) is 0 Å². The number of azo groups is 1. The lowest BCUT2D eigenvalue weighted by Crippen LogP contribution is -1.77. The number of aromatic hydroxyl groups is 1. The molecule has 3 rings (SSSR count). The molecule has 0 fully saturated rings. The third-order valence-corrected chi connectivity index (χ3v) is 3.50. The summed E-state index contributed by atoms with van der Waals surface area (Å²) in [6.07, 6.45) is 0. The van der Waals surface area contributed by atoms with Crippen LogP contribution in [0.2, 0.25) is 0 Å². The summed E-state index contributed by atoms with van der Waals surface area (Å²) in [6.45, 7) is 4.02. The molecule has 0 radical (unpaired) electrons. The number of phenols is 1. The minimum absolute atomic E-state index is 0.141. The summed E-state index contributed by atoms with van der Waals surface area (Å²) < 4.78 is 0. The quantitative estimate of drug-likeness (QED) is 0.610. The molecular weight excluding hydrogens is 260 g/mol. The Balaban J connectivity index is 2.11. The van der Waals surface area contributed by atoms with E-state index in [0.29, 0.717) is 5.69 Å². The zero-order valence-electron chi connectivity index (χ0n) is 12.0. The second-order valence-electron chi connectivity index (χ2n) is 5.14. The zero-order chi connectivity index (χ0) is 14.8. The largest absolute Gasteiger partial charge is 0.506 e. The molecule has 1 N–H and O–H groups in total. The van der Waals surface area contributed by atoms with Crippen molar-refractivity contribution in [2.24, 2.45) is 10.2 Å². The predicted molar refractivity (Wildman–Crippen MR) is 85.7 cm³/mol. The first-order valence-corrected chi connectivity index (χ1v) is 6.85. The molecule has 0 aromatic heterocycles. The summed E-state index contributed by atoms with van der Waals surface area (Å²) in [6, 6.07) is 17.4. The molecule has 3 aromatic carbocycles. The lowest BCUT2D eigenvalue weighted by Gasteiger charge is -2.04. The van der Waals surface area contributed by atoms with Crippen LogP contribution in [0.5, 0.6) is 5.75 Å². The molecule has 0 saturated heterocycles. The topological polar surface area (TPSA) is 45.0 Å². The van der Waals surface area contributed by atoms with Crippen molar-refractivity contribution in [1.29, 1.82) is 0 Å². The van der Waals surface area contributed by atoms with Gasteiger partial charge in [-0.15, -0.1) is 5.11 Å². The predicted octanol–water partition coefficient (Wildman–Crippen LogP) is 5.58. The van der Waals surface area contributed by atoms with Gasteiger partial charge in [0.25, 0.3) is 0 Å². The van der Waals surface area contributed by atoms with Gasteiger partial charge in [0, 0.05) is 5.39 Å². The Morgan fingerprint density at radius 3 is 2.52 bits per heavy atom. The van der Waals surface area contributed by atoms with Gasteiger partial charge in [-0.3, -0.25) is 0 Å². The van der Waals surface area contributed by atoms with Gasteiger partial charge >= 0.3 is 0 Å². The van der Waals surface area contributed by atoms with Crippen molar-refractivity contribution in [3.63, 3.8) is 0 Å². The normalized spacial score (nSPS) is 11.3. The first kappa shape index (κ1) is 13.3. The van der Waals surface area contributed by atoms with E-state index in [1.807, 2.05) is 62.4 Å². The Hall–Kier alpha value is -2.68. The van der Waals surface area contributed by atoms with Crippen LogP contribution in [-0.2, 0) is 0 Å². The molecule has 0 bridgehead atoms. The second kappa shape index (κ2) is 5.37. The SMILES string of the molecule is Cc1ccc(C)c(N=Nc2c(O)ccc3ccccc23)c1. The van der Waals surface area contributed by atoms with Gasteiger partial charge in [-0.1, -0.05) is 42.5 Å². The molecule has 0 aliphatic rings. The van der Waals surface area contributed by atoms with Crippen molar-refractivity contribution < 1.29 is 5.11 Å². The van der Waals surface area contributed by atoms with E-state index < -0.39 is 0 Å². The maximum absolute atomic E-state index is 10.1. The molecular formula is C18H16N2O. The molecule has 3 aromatic rings. The number of fused-ring (bicyclic) bond motifs is 1. The second-order valence-corrected chi connectivity index (χ2v) is 5.14. The lowest BCUT2D eigenvalue weighted by molar-refractivity contribution is 0.477. The molecule has 0 aliphatic carbocycles. The number of aryl methyl sites for hydroxylation is 2. The first-order chi connectivity index (χ1) is 10.1. The van der Waals surface area contributed by atoms with Crippen LogP contribution in [0.1, 0.15) is 11.1 Å². The standard InChI is InChI=1S/C18H16N2O/c1-12-7-8-13(2)16(11-12)19-20-18-15-6-4-3-5-14(15)9-10-17(18)21/h3-11,21H,1-2H3. The van der Waals surface area contributed by atoms with Crippen molar-refractivity contribution in [2.45, 2.75) is 13.8 Å². The number of benzene rings is 3. The van der Waals surface area contributed by atoms with E-state index >= 15 is 0 Å². The number of hydrogen-bond donors (Lipinski definition) is 1. The Kier molecular flexibility index (Phi) is 3.40. The van der Waals surface area contributed by atoms with Crippen LogP contribution >= 0.6 is 0 Å². The first-order valence-electron chi connectivity index (χ1n) is 6.85. The van der Waals surface area contributed by atoms with E-state index in [9.17, 15) is 5.11 Å². The Morgan fingerprint density at radius 2 is 1.67 bits per heavy atom. The highest BCUT2D eigenvalue weighted by molar-refractivity contribution is 5.95. The third kappa shape index (κ3) is 2.63. The van der Waals surface area contributed by atoms with E-state index in [1.54, 1.807) is 6.07 Å². The maximum atomic E-state index is 10.1. The molecule has 21 heavy (non-hydrogen) atoms. The van der Waals surface area contributed by atoms with Crippen LogP contribution in [0.15, 0.2) is 64.8 Å². The zero-order valence-corrected chi connectivity index (χ0v) is 12.0. The molecule has 0 atom stereocenters. The fourth-order valence-corrected chi connectivity index (χ4v) is 2.28. The van der Waals surface area contributed by atoms with Gasteiger partial charge in [0.15, 0.2) is 0 Å². The van der Waals surface area contributed by atoms with Gasteiger partial charge in [0.05, 0.1) is 5.69 Å². The highest BCUT2D eigenvalue weighted by Crippen LogP contribution is 2.36. The average molecular weight is 276 g/mol. The van der Waals surface area contributed by atoms with Crippen LogP contribution in [0.4, 0.5) is 11.4 Å². The number of hydrogen-bond acceptors (Lipinski definition) is 3. The Labute approximate surface area is 123 Å². The monoisotopic (exact) mass is 276 g/mol. The van der Waals surface area contributed by atoms with Crippen LogP contribution in [0.25, 0.3) is 10.8 Å². The van der Waals surface area contributed by atoms with E-state index in [1.165, 1.54) is 0 Å². The van der Waals surface area contributed by atoms with Crippen molar-refractivity contribution >= 4 is 22.1 Å². The number of phenolic OH excluding ortho intramolecular Hbond substituents is 1. The minimum atomic E-state index is 0.141. The van der Waals surface area contributed by atoms with Crippen LogP contribution in [-0.4, -0.2) is 5.11 Å². The van der Waals surface area contributed by atoms with Crippen molar-refractivity contribution in [2.75, 3.05) is 0 Å². The lowest BCUT2D eigenvalue weighted by atomic mass is 10.1. The van der Waals surface area contributed by atoms with Gasteiger partial charge in [0.2, 0.25) is 0 Å². The molecule has 3 nitrogen and oxygen atoms in total. The summed E-state index contributed by atoms with van der Waals surface area (Å²) in [4.78, 5) is 0. The average Bonchev–Trinajstić information content (AvgIpc) is 2.49. The molecule has 0 spiro atoms. The van der Waals surface area contributed by atoms with Crippen molar-refractivity contribution in [3.8, 4) is 5.75 Å². The van der Waals surface area contributed by atoms with Gasteiger partial charge < -0.3 is 5.11 Å². The van der Waals surface area contributed by atoms with Crippen LogP contribution < -0.4 is 0 Å². The fourth-order valence-electron chi connectivity index (χ4n) is 2.28. The summed E-state index contributed by atoms with van der Waals surface area (Å²) in [5, 5.41) is 20.6. The molecule has 0 saturated carbocycles. The number of rotatable bonds is 2. The molecule has 104 valence electrons. The van der Waals surface area contributed by atoms with Gasteiger partial charge in [0.1, 0.15) is 11.4 Å². The summed E-state index contributed by atoms with van der Waals surface area (Å²) in [5.41, 5.74) is 3.53. The minimum Gasteiger partial charge on any atom is -0.506 e. The third-order valence-electron chi connectivity index (χ3n) is 3.50. The summed E-state index contributed by atoms with van der Waals surface area (Å²) in [7, 11) is 0. The molecule has 0 unspecified atom stereocenters. The van der Waals surface area contributed by atoms with Crippen LogP contribution in [0, 0.1) is 13.8 Å². The Bertz CT molecular complexity index is 838. The van der Waals surface area contributed by atoms with E-state index in [-0.39, 0.29) is 5.75 Å². The molecule has 0 amide bonds. The van der Waals surface area contributed by atoms with E-state index in [4.69, 9.17) is 0 Å². The smallest absolute Gasteiger partial charge is 0.143 e. The summed E-state index contributed by atoms with van der Waals surface area (Å²) in [5.74, 6) is 0.141. The van der Waals surface area contributed by atoms with Crippen molar-refractivity contribution in [3.05, 3.63) is 65.7 Å². The van der Waals surface area contributed by atoms with Gasteiger partial charge in [-0.2, -0.15) is 5.11 Å². The van der Waals surface area contributed by atoms with Crippen molar-refractivity contribution in [1.82, 2.24) is 0 Å². The Morgan fingerprint density at radius 1 is 0.857 bits per heavy atom. The fraction of sp³-hybridized carbons (Fsp3) is 0.111. The highest BCUT2D eigenvalue weighted by Gasteiger charge is 2.06. The molecule has 0 heterocycles. The van der Waals surface area contributed by atoms with Gasteiger partial charge in [-0.05, 0) is 42.5 Å². The summed E-state index contributed by atoms with van der Waals surface area (Å²) >= 11 is 0. The van der Waals surface area contributed by atoms with E-state index in [2.05, 4.69) is 10.2 Å². The highest BCUT2D eigenvalue weighted by atomic mass is 16.3. The van der Waals surface area contributed by atoms with E-state index in [0.717, 1.165) is 27.6 Å². The molecule has 3 heteroatoms. The number of nitrogens with zero attached hydrogens (tertiary/aromatic N) is 2.